The smallest absolute Gasteiger partial charge is 0.306 e. The molecular formula is C21H26N2O4S. The lowest BCUT2D eigenvalue weighted by Crippen LogP contribution is -2.33. The van der Waals surface area contributed by atoms with Crippen molar-refractivity contribution in [3.8, 4) is 5.75 Å². The van der Waals surface area contributed by atoms with Crippen molar-refractivity contribution in [3.05, 3.63) is 46.4 Å². The summed E-state index contributed by atoms with van der Waals surface area (Å²) in [6, 6.07) is 7.25. The molecule has 1 heterocycles. The molecule has 2 unspecified atom stereocenters. The van der Waals surface area contributed by atoms with E-state index < -0.39 is 18.0 Å². The van der Waals surface area contributed by atoms with Crippen LogP contribution in [0.2, 0.25) is 0 Å². The number of benzene rings is 1. The average molecular weight is 403 g/mol. The Hall–Kier alpha value is -2.25. The molecule has 7 heteroatoms. The topological polar surface area (TPSA) is 104 Å². The van der Waals surface area contributed by atoms with Crippen LogP contribution in [0, 0.1) is 11.3 Å². The number of rotatable bonds is 9. The van der Waals surface area contributed by atoms with Crippen LogP contribution >= 0.6 is 11.3 Å². The number of thiazole rings is 1. The normalized spacial score (nSPS) is 17.0. The fourth-order valence-electron chi connectivity index (χ4n) is 3.81. The predicted octanol–water partition coefficient (Wildman–Crippen LogP) is 4.24. The van der Waals surface area contributed by atoms with Gasteiger partial charge in [-0.1, -0.05) is 31.4 Å². The molecule has 3 N–H and O–H groups in total. The first-order valence-electron chi connectivity index (χ1n) is 9.62. The van der Waals surface area contributed by atoms with E-state index in [4.69, 9.17) is 15.3 Å². The molecule has 1 saturated carbocycles. The van der Waals surface area contributed by atoms with Crippen LogP contribution in [0.5, 0.6) is 5.75 Å². The van der Waals surface area contributed by atoms with Gasteiger partial charge in [0.1, 0.15) is 12.4 Å². The van der Waals surface area contributed by atoms with Gasteiger partial charge in [-0.15, -0.1) is 11.3 Å². The minimum absolute atomic E-state index is 0.114. The highest BCUT2D eigenvalue weighted by Gasteiger charge is 2.32. The number of aliphatic hydroxyl groups excluding tert-OH is 1. The number of aliphatic carboxylic acids is 1. The van der Waals surface area contributed by atoms with Gasteiger partial charge in [0.15, 0.2) is 0 Å². The van der Waals surface area contributed by atoms with E-state index in [2.05, 4.69) is 4.98 Å². The van der Waals surface area contributed by atoms with E-state index in [1.165, 1.54) is 17.8 Å². The van der Waals surface area contributed by atoms with Gasteiger partial charge in [0, 0.05) is 17.0 Å². The Bertz CT molecular complexity index is 770. The van der Waals surface area contributed by atoms with E-state index in [1.807, 2.05) is 17.5 Å². The second-order valence-corrected chi connectivity index (χ2v) is 7.99. The summed E-state index contributed by atoms with van der Waals surface area (Å²) in [6.07, 6.45) is 3.72. The number of ether oxygens (including phenoxy) is 1. The lowest BCUT2D eigenvalue weighted by molar-refractivity contribution is -0.139. The van der Waals surface area contributed by atoms with Gasteiger partial charge in [0.05, 0.1) is 23.7 Å². The van der Waals surface area contributed by atoms with Crippen molar-refractivity contribution in [2.75, 3.05) is 0 Å². The summed E-state index contributed by atoms with van der Waals surface area (Å²) in [7, 11) is 0. The number of carboxylic acids is 1. The van der Waals surface area contributed by atoms with Gasteiger partial charge in [-0.2, -0.15) is 0 Å². The zero-order valence-electron chi connectivity index (χ0n) is 15.7. The first-order valence-corrected chi connectivity index (χ1v) is 10.6. The van der Waals surface area contributed by atoms with Gasteiger partial charge in [0.25, 0.3) is 0 Å². The number of nitrogens with zero attached hydrogens (tertiary/aromatic N) is 1. The second-order valence-electron chi connectivity index (χ2n) is 7.27. The van der Waals surface area contributed by atoms with Crippen LogP contribution in [0.1, 0.15) is 55.7 Å². The second kappa shape index (κ2) is 9.80. The molecule has 150 valence electrons. The summed E-state index contributed by atoms with van der Waals surface area (Å²) in [5, 5.41) is 30.3. The van der Waals surface area contributed by atoms with Crippen LogP contribution in [0.3, 0.4) is 0 Å². The molecule has 1 aliphatic carbocycles. The molecule has 6 nitrogen and oxygen atoms in total. The van der Waals surface area contributed by atoms with Crippen molar-refractivity contribution < 1.29 is 19.7 Å². The molecule has 28 heavy (non-hydrogen) atoms. The van der Waals surface area contributed by atoms with Gasteiger partial charge < -0.3 is 20.4 Å². The number of aromatic nitrogens is 1. The third-order valence-electron chi connectivity index (χ3n) is 5.26. The molecule has 1 aliphatic rings. The van der Waals surface area contributed by atoms with E-state index in [0.29, 0.717) is 18.1 Å². The van der Waals surface area contributed by atoms with Crippen LogP contribution in [0.25, 0.3) is 0 Å². The van der Waals surface area contributed by atoms with Crippen LogP contribution in [-0.4, -0.2) is 33.0 Å². The maximum absolute atomic E-state index is 11.1. The zero-order valence-corrected chi connectivity index (χ0v) is 16.5. The van der Waals surface area contributed by atoms with E-state index in [0.717, 1.165) is 36.9 Å². The van der Waals surface area contributed by atoms with Crippen molar-refractivity contribution in [2.45, 2.75) is 57.2 Å². The molecule has 1 aromatic heterocycles. The van der Waals surface area contributed by atoms with E-state index in [1.54, 1.807) is 17.6 Å². The Balaban J connectivity index is 1.74. The number of carbonyl (C=O) groups is 1. The number of hydrogen-bond acceptors (Lipinski definition) is 6. The van der Waals surface area contributed by atoms with E-state index >= 15 is 0 Å². The molecule has 2 atom stereocenters. The lowest BCUT2D eigenvalue weighted by Gasteiger charge is -2.30. The maximum atomic E-state index is 11.1. The molecule has 3 rings (SSSR count). The molecule has 0 spiro atoms. The summed E-state index contributed by atoms with van der Waals surface area (Å²) >= 11 is 1.52. The predicted molar refractivity (Wildman–Crippen MR) is 108 cm³/mol. The summed E-state index contributed by atoms with van der Waals surface area (Å²) in [5.41, 5.74) is 3.82. The van der Waals surface area contributed by atoms with Crippen LogP contribution in [-0.2, 0) is 11.4 Å². The fraction of sp³-hybridized carbons (Fsp3) is 0.476. The summed E-state index contributed by atoms with van der Waals surface area (Å²) in [6.45, 7) is 0.381. The average Bonchev–Trinajstić information content (AvgIpc) is 3.21. The minimum Gasteiger partial charge on any atom is -0.487 e. The van der Waals surface area contributed by atoms with Crippen LogP contribution < -0.4 is 4.74 Å². The monoisotopic (exact) mass is 402 g/mol. The van der Waals surface area contributed by atoms with Gasteiger partial charge in [-0.25, -0.2) is 4.98 Å². The Morgan fingerprint density at radius 3 is 2.57 bits per heavy atom. The van der Waals surface area contributed by atoms with Crippen LogP contribution in [0.15, 0.2) is 35.2 Å². The molecule has 0 bridgehead atoms. The molecule has 1 fully saturated rings. The molecule has 0 amide bonds. The highest BCUT2D eigenvalue weighted by molar-refractivity contribution is 7.07. The lowest BCUT2D eigenvalue weighted by atomic mass is 9.76. The summed E-state index contributed by atoms with van der Waals surface area (Å²) < 4.78 is 5.72. The maximum Gasteiger partial charge on any atom is 0.306 e. The van der Waals surface area contributed by atoms with Crippen molar-refractivity contribution in [3.63, 3.8) is 0 Å². The quantitative estimate of drug-likeness (QED) is 0.544. The molecular weight excluding hydrogens is 376 g/mol. The third kappa shape index (κ3) is 5.39. The van der Waals surface area contributed by atoms with Crippen molar-refractivity contribution in [1.29, 1.82) is 5.41 Å². The van der Waals surface area contributed by atoms with Gasteiger partial charge >= 0.3 is 5.97 Å². The van der Waals surface area contributed by atoms with Crippen molar-refractivity contribution in [2.24, 2.45) is 5.92 Å². The van der Waals surface area contributed by atoms with Crippen LogP contribution in [0.4, 0.5) is 0 Å². The van der Waals surface area contributed by atoms with Crippen molar-refractivity contribution in [1.82, 2.24) is 4.98 Å². The molecule has 0 saturated heterocycles. The molecule has 1 aromatic carbocycles. The van der Waals surface area contributed by atoms with Gasteiger partial charge in [-0.05, 0) is 36.5 Å². The molecule has 0 radical (unpaired) electrons. The summed E-state index contributed by atoms with van der Waals surface area (Å²) in [5.74, 6) is -0.876. The standard InChI is InChI=1S/C21H26N2O4S/c22-21(15-4-2-1-3-5-15)20(18(24)10-19(25)26)14-6-8-17(9-7-14)27-11-16-12-28-13-23-16/h6-9,12-13,15,18,20,22,24H,1-5,10-11H2,(H,25,26). The van der Waals surface area contributed by atoms with Crippen molar-refractivity contribution >= 4 is 23.0 Å². The van der Waals surface area contributed by atoms with Gasteiger partial charge in [0.2, 0.25) is 0 Å². The minimum atomic E-state index is -1.12. The molecule has 2 aromatic rings. The SMILES string of the molecule is N=C(C1CCCCC1)C(c1ccc(OCc2cscn2)cc1)C(O)CC(=O)O. The Labute approximate surface area is 168 Å². The Morgan fingerprint density at radius 1 is 1.25 bits per heavy atom. The largest absolute Gasteiger partial charge is 0.487 e. The summed E-state index contributed by atoms with van der Waals surface area (Å²) in [4.78, 5) is 15.3. The molecule has 0 aliphatic heterocycles. The third-order valence-corrected chi connectivity index (χ3v) is 5.89. The fourth-order valence-corrected chi connectivity index (χ4v) is 4.35. The highest BCUT2D eigenvalue weighted by atomic mass is 32.1. The number of aliphatic hydroxyl groups is 1. The van der Waals surface area contributed by atoms with Gasteiger partial charge in [-0.3, -0.25) is 4.79 Å². The van der Waals surface area contributed by atoms with E-state index in [9.17, 15) is 9.90 Å². The number of carboxylic acid groups (broad SMARTS) is 1. The first-order chi connectivity index (χ1) is 13.5. The highest BCUT2D eigenvalue weighted by Crippen LogP contribution is 2.34. The first kappa shape index (κ1) is 20.5. The number of nitrogens with one attached hydrogen (secondary N) is 1. The number of hydrogen-bond donors (Lipinski definition) is 3. The Kier molecular flexibility index (Phi) is 7.17. The zero-order chi connectivity index (χ0) is 19.9. The van der Waals surface area contributed by atoms with E-state index in [-0.39, 0.29) is 12.3 Å². The Morgan fingerprint density at radius 2 is 1.96 bits per heavy atom.